The van der Waals surface area contributed by atoms with Crippen molar-refractivity contribution in [2.24, 2.45) is 0 Å². The van der Waals surface area contributed by atoms with Crippen molar-refractivity contribution in [1.82, 2.24) is 14.9 Å². The van der Waals surface area contributed by atoms with E-state index in [1.165, 1.54) is 26.1 Å². The van der Waals surface area contributed by atoms with E-state index in [-0.39, 0.29) is 22.0 Å². The number of amides is 3. The van der Waals surface area contributed by atoms with E-state index in [0.717, 1.165) is 15.9 Å². The molecule has 0 aliphatic heterocycles. The molecule has 0 heterocycles. The highest BCUT2D eigenvalue weighted by Crippen LogP contribution is 2.24. The molecule has 11 heteroatoms. The molecule has 0 aliphatic carbocycles. The summed E-state index contributed by atoms with van der Waals surface area (Å²) in [5.41, 5.74) is 0.567. The Balaban J connectivity index is 2.17. The van der Waals surface area contributed by atoms with Crippen molar-refractivity contribution in [1.29, 1.82) is 0 Å². The molecule has 0 saturated heterocycles. The summed E-state index contributed by atoms with van der Waals surface area (Å²) in [6, 6.07) is 11.9. The third-order valence-electron chi connectivity index (χ3n) is 4.34. The zero-order chi connectivity index (χ0) is 23.9. The Bertz CT molecular complexity index is 1090. The van der Waals surface area contributed by atoms with Crippen molar-refractivity contribution >= 4 is 39.5 Å². The van der Waals surface area contributed by atoms with Gasteiger partial charge in [0.2, 0.25) is 10.0 Å². The van der Waals surface area contributed by atoms with Crippen LogP contribution < -0.4 is 10.6 Å². The number of nitrogens with one attached hydrogen (secondary N) is 2. The Morgan fingerprint density at radius 3 is 2.41 bits per heavy atom. The molecule has 1 unspecified atom stereocenters. The molecule has 0 bridgehead atoms. The molecule has 1 atom stereocenters. The SMILES string of the molecule is CCNC(=O)NC(=O)C(C)OC(=O)c1cc(S(=O)(=O)N(C)Cc2ccccc2)ccc1Cl. The predicted octanol–water partition coefficient (Wildman–Crippen LogP) is 2.55. The summed E-state index contributed by atoms with van der Waals surface area (Å²) in [7, 11) is -2.52. The van der Waals surface area contributed by atoms with Crippen LogP contribution in [-0.2, 0) is 26.1 Å². The van der Waals surface area contributed by atoms with Gasteiger partial charge in [0.25, 0.3) is 5.91 Å². The molecule has 9 nitrogen and oxygen atoms in total. The van der Waals surface area contributed by atoms with Gasteiger partial charge in [-0.25, -0.2) is 18.0 Å². The van der Waals surface area contributed by atoms with E-state index in [2.05, 4.69) is 5.32 Å². The number of nitrogens with zero attached hydrogens (tertiary/aromatic N) is 1. The second-order valence-electron chi connectivity index (χ2n) is 6.78. The molecular weight excluding hydrogens is 458 g/mol. The summed E-state index contributed by atoms with van der Waals surface area (Å²) >= 11 is 6.07. The quantitative estimate of drug-likeness (QED) is 0.559. The first-order valence-corrected chi connectivity index (χ1v) is 11.5. The minimum Gasteiger partial charge on any atom is -0.449 e. The number of imide groups is 1. The third kappa shape index (κ3) is 6.52. The second-order valence-corrected chi connectivity index (χ2v) is 9.24. The average molecular weight is 482 g/mol. The van der Waals surface area contributed by atoms with Crippen molar-refractivity contribution in [3.8, 4) is 0 Å². The lowest BCUT2D eigenvalue weighted by Crippen LogP contribution is -2.44. The molecule has 0 radical (unpaired) electrons. The molecule has 32 heavy (non-hydrogen) atoms. The fourth-order valence-electron chi connectivity index (χ4n) is 2.62. The average Bonchev–Trinajstić information content (AvgIpc) is 2.74. The van der Waals surface area contributed by atoms with Crippen LogP contribution in [0, 0.1) is 0 Å². The zero-order valence-electron chi connectivity index (χ0n) is 17.8. The van der Waals surface area contributed by atoms with E-state index in [0.29, 0.717) is 6.54 Å². The van der Waals surface area contributed by atoms with E-state index in [9.17, 15) is 22.8 Å². The Hall–Kier alpha value is -2.95. The molecule has 3 amide bonds. The highest BCUT2D eigenvalue weighted by atomic mass is 35.5. The Kier molecular flexibility index (Phi) is 8.76. The minimum absolute atomic E-state index is 0.0454. The highest BCUT2D eigenvalue weighted by Gasteiger charge is 2.26. The van der Waals surface area contributed by atoms with Crippen LogP contribution in [0.1, 0.15) is 29.8 Å². The Morgan fingerprint density at radius 1 is 1.12 bits per heavy atom. The lowest BCUT2D eigenvalue weighted by atomic mass is 10.2. The molecule has 0 fully saturated rings. The Labute approximate surface area is 191 Å². The maximum absolute atomic E-state index is 13.0. The molecule has 2 rings (SSSR count). The smallest absolute Gasteiger partial charge is 0.340 e. The predicted molar refractivity (Wildman–Crippen MR) is 119 cm³/mol. The van der Waals surface area contributed by atoms with Crippen molar-refractivity contribution in [2.75, 3.05) is 13.6 Å². The van der Waals surface area contributed by atoms with Gasteiger partial charge >= 0.3 is 12.0 Å². The van der Waals surface area contributed by atoms with Crippen LogP contribution in [0.5, 0.6) is 0 Å². The van der Waals surface area contributed by atoms with Gasteiger partial charge in [0.15, 0.2) is 6.10 Å². The second kappa shape index (κ2) is 11.1. The molecule has 0 aromatic heterocycles. The number of carbonyl (C=O) groups excluding carboxylic acids is 3. The minimum atomic E-state index is -3.94. The maximum Gasteiger partial charge on any atom is 0.340 e. The standard InChI is InChI=1S/C21H24ClN3O6S/c1-4-23-21(28)24-19(26)14(2)31-20(27)17-12-16(10-11-18(17)22)32(29,30)25(3)13-15-8-6-5-7-9-15/h5-12,14H,4,13H2,1-3H3,(H2,23,24,26,28). The normalized spacial score (nSPS) is 12.2. The number of urea groups is 1. The van der Waals surface area contributed by atoms with E-state index in [4.69, 9.17) is 16.3 Å². The number of rotatable bonds is 8. The fourth-order valence-corrected chi connectivity index (χ4v) is 4.00. The van der Waals surface area contributed by atoms with Gasteiger partial charge in [-0.05, 0) is 37.6 Å². The van der Waals surface area contributed by atoms with Crippen molar-refractivity contribution < 1.29 is 27.5 Å². The number of sulfonamides is 1. The molecule has 2 N–H and O–H groups in total. The largest absolute Gasteiger partial charge is 0.449 e. The highest BCUT2D eigenvalue weighted by molar-refractivity contribution is 7.89. The molecule has 2 aromatic rings. The van der Waals surface area contributed by atoms with Gasteiger partial charge in [0, 0.05) is 20.1 Å². The van der Waals surface area contributed by atoms with Crippen molar-refractivity contribution in [3.05, 3.63) is 64.7 Å². The first-order chi connectivity index (χ1) is 15.1. The van der Waals surface area contributed by atoms with Crippen molar-refractivity contribution in [3.63, 3.8) is 0 Å². The number of ether oxygens (including phenoxy) is 1. The van der Waals surface area contributed by atoms with Gasteiger partial charge < -0.3 is 10.1 Å². The number of hydrogen-bond donors (Lipinski definition) is 2. The van der Waals surface area contributed by atoms with Gasteiger partial charge in [-0.1, -0.05) is 41.9 Å². The molecule has 0 spiro atoms. The van der Waals surface area contributed by atoms with Crippen LogP contribution in [0.3, 0.4) is 0 Å². The van der Waals surface area contributed by atoms with Gasteiger partial charge in [-0.15, -0.1) is 0 Å². The number of hydrogen-bond acceptors (Lipinski definition) is 6. The first-order valence-electron chi connectivity index (χ1n) is 9.65. The van der Waals surface area contributed by atoms with Crippen LogP contribution >= 0.6 is 11.6 Å². The van der Waals surface area contributed by atoms with Crippen molar-refractivity contribution in [2.45, 2.75) is 31.4 Å². The van der Waals surface area contributed by atoms with E-state index in [1.54, 1.807) is 31.2 Å². The molecule has 0 saturated carbocycles. The van der Waals surface area contributed by atoms with Crippen LogP contribution in [0.15, 0.2) is 53.4 Å². The number of esters is 1. The van der Waals surface area contributed by atoms with Crippen LogP contribution in [0.25, 0.3) is 0 Å². The first kappa shape index (κ1) is 25.3. The number of benzene rings is 2. The summed E-state index contributed by atoms with van der Waals surface area (Å²) in [5, 5.41) is 4.35. The van der Waals surface area contributed by atoms with Gasteiger partial charge in [-0.3, -0.25) is 10.1 Å². The molecule has 172 valence electrons. The summed E-state index contributed by atoms with van der Waals surface area (Å²) in [4.78, 5) is 35.8. The van der Waals surface area contributed by atoms with Crippen LogP contribution in [0.4, 0.5) is 4.79 Å². The molecular formula is C21H24ClN3O6S. The lowest BCUT2D eigenvalue weighted by molar-refractivity contribution is -0.127. The van der Waals surface area contributed by atoms with E-state index in [1.807, 2.05) is 11.4 Å². The van der Waals surface area contributed by atoms with E-state index < -0.39 is 34.0 Å². The fraction of sp³-hybridized carbons (Fsp3) is 0.286. The number of carbonyl (C=O) groups is 3. The van der Waals surface area contributed by atoms with Crippen LogP contribution in [-0.4, -0.2) is 50.3 Å². The summed E-state index contributed by atoms with van der Waals surface area (Å²) in [5.74, 6) is -1.84. The Morgan fingerprint density at radius 2 is 1.78 bits per heavy atom. The van der Waals surface area contributed by atoms with E-state index >= 15 is 0 Å². The lowest BCUT2D eigenvalue weighted by Gasteiger charge is -2.18. The zero-order valence-corrected chi connectivity index (χ0v) is 19.4. The topological polar surface area (TPSA) is 122 Å². The summed E-state index contributed by atoms with van der Waals surface area (Å²) in [6.45, 7) is 3.38. The summed E-state index contributed by atoms with van der Waals surface area (Å²) < 4.78 is 32.1. The summed E-state index contributed by atoms with van der Waals surface area (Å²) in [6.07, 6.45) is -1.32. The van der Waals surface area contributed by atoms with Crippen LogP contribution in [0.2, 0.25) is 5.02 Å². The van der Waals surface area contributed by atoms with Gasteiger partial charge in [-0.2, -0.15) is 4.31 Å². The monoisotopic (exact) mass is 481 g/mol. The molecule has 0 aliphatic rings. The maximum atomic E-state index is 13.0. The number of halogens is 1. The molecule has 2 aromatic carbocycles. The third-order valence-corrected chi connectivity index (χ3v) is 6.47. The van der Waals surface area contributed by atoms with Gasteiger partial charge in [0.05, 0.1) is 15.5 Å². The van der Waals surface area contributed by atoms with Gasteiger partial charge in [0.1, 0.15) is 0 Å².